The van der Waals surface area contributed by atoms with E-state index in [1.807, 2.05) is 18.2 Å². The summed E-state index contributed by atoms with van der Waals surface area (Å²) in [6.45, 7) is 1.73. The molecule has 5 rings (SSSR count). The van der Waals surface area contributed by atoms with Gasteiger partial charge in [0.05, 0.1) is 5.56 Å². The van der Waals surface area contributed by atoms with Gasteiger partial charge in [0, 0.05) is 18.2 Å². The number of fused-ring (bicyclic) bond motifs is 1. The highest BCUT2D eigenvalue weighted by atomic mass is 19.1. The van der Waals surface area contributed by atoms with E-state index in [1.165, 1.54) is 18.2 Å². The van der Waals surface area contributed by atoms with Crippen molar-refractivity contribution in [3.8, 4) is 34.0 Å². The summed E-state index contributed by atoms with van der Waals surface area (Å²) in [6, 6.07) is 13.2. The zero-order valence-electron chi connectivity index (χ0n) is 17.1. The van der Waals surface area contributed by atoms with E-state index in [0.29, 0.717) is 28.8 Å². The molecular formula is C24H16F2N4O2. The minimum absolute atomic E-state index is 0.00839. The van der Waals surface area contributed by atoms with Gasteiger partial charge in [-0.15, -0.1) is 10.2 Å². The summed E-state index contributed by atoms with van der Waals surface area (Å²) in [7, 11) is 1.78. The van der Waals surface area contributed by atoms with Gasteiger partial charge in [0.2, 0.25) is 5.89 Å². The predicted molar refractivity (Wildman–Crippen MR) is 115 cm³/mol. The van der Waals surface area contributed by atoms with E-state index in [9.17, 15) is 13.6 Å². The maximum absolute atomic E-state index is 14.6. The molecule has 0 amide bonds. The van der Waals surface area contributed by atoms with Crippen LogP contribution in [-0.2, 0) is 7.05 Å². The largest absolute Gasteiger partial charge is 0.436 e. The first-order valence-corrected chi connectivity index (χ1v) is 9.76. The average molecular weight is 430 g/mol. The van der Waals surface area contributed by atoms with E-state index in [0.717, 1.165) is 11.1 Å². The zero-order chi connectivity index (χ0) is 22.4. The van der Waals surface area contributed by atoms with E-state index in [4.69, 9.17) is 4.42 Å². The second kappa shape index (κ2) is 7.49. The lowest BCUT2D eigenvalue weighted by molar-refractivity contribution is 0.112. The number of nitrogens with zero attached hydrogens (tertiary/aromatic N) is 4. The molecule has 3 aromatic carbocycles. The Labute approximate surface area is 181 Å². The number of halogens is 2. The number of rotatable bonds is 4. The van der Waals surface area contributed by atoms with E-state index < -0.39 is 11.6 Å². The molecule has 5 aromatic rings. The number of carbonyl (C=O) groups excluding carboxylic acids is 1. The highest BCUT2D eigenvalue weighted by Crippen LogP contribution is 2.35. The van der Waals surface area contributed by atoms with Crippen molar-refractivity contribution in [3.63, 3.8) is 0 Å². The van der Waals surface area contributed by atoms with E-state index >= 15 is 0 Å². The fraction of sp³-hybridized carbons (Fsp3) is 0.0833. The standard InChI is InChI=1S/C24H16F2N4O2/c1-13-8-16(11-31)20(26)21-22(13)32-24(28-21)15-5-3-4-14(9-15)18-7-6-17(25)10-19(18)23-29-27-12-30(23)2/h3-12H,1-2H3. The second-order valence-electron chi connectivity index (χ2n) is 7.45. The normalized spacial score (nSPS) is 11.2. The summed E-state index contributed by atoms with van der Waals surface area (Å²) in [5.74, 6) is -0.367. The molecule has 0 unspecified atom stereocenters. The van der Waals surface area contributed by atoms with Gasteiger partial charge in [-0.25, -0.2) is 13.8 Å². The number of hydrogen-bond donors (Lipinski definition) is 0. The van der Waals surface area contributed by atoms with Crippen LogP contribution in [0.2, 0.25) is 0 Å². The molecule has 0 aliphatic carbocycles. The Balaban J connectivity index is 1.66. The summed E-state index contributed by atoms with van der Waals surface area (Å²) in [5.41, 5.74) is 3.55. The highest BCUT2D eigenvalue weighted by molar-refractivity contribution is 5.88. The molecular weight excluding hydrogens is 414 g/mol. The van der Waals surface area contributed by atoms with Gasteiger partial charge in [-0.1, -0.05) is 18.2 Å². The Morgan fingerprint density at radius 2 is 1.84 bits per heavy atom. The summed E-state index contributed by atoms with van der Waals surface area (Å²) in [5, 5.41) is 7.99. The van der Waals surface area contributed by atoms with Crippen molar-refractivity contribution < 1.29 is 18.0 Å². The van der Waals surface area contributed by atoms with Gasteiger partial charge in [-0.2, -0.15) is 0 Å². The fourth-order valence-electron chi connectivity index (χ4n) is 3.74. The lowest BCUT2D eigenvalue weighted by atomic mass is 9.97. The Kier molecular flexibility index (Phi) is 4.62. The molecule has 0 saturated carbocycles. The van der Waals surface area contributed by atoms with Crippen LogP contribution in [0, 0.1) is 18.6 Å². The van der Waals surface area contributed by atoms with Crippen LogP contribution in [0.4, 0.5) is 8.78 Å². The maximum atomic E-state index is 14.6. The molecule has 32 heavy (non-hydrogen) atoms. The van der Waals surface area contributed by atoms with Gasteiger partial charge in [0.1, 0.15) is 17.7 Å². The minimum atomic E-state index is -0.713. The molecule has 2 aromatic heterocycles. The van der Waals surface area contributed by atoms with Crippen LogP contribution in [0.15, 0.2) is 59.3 Å². The molecule has 6 nitrogen and oxygen atoms in total. The molecule has 0 saturated heterocycles. The maximum Gasteiger partial charge on any atom is 0.227 e. The molecule has 2 heterocycles. The summed E-state index contributed by atoms with van der Waals surface area (Å²) in [4.78, 5) is 15.4. The van der Waals surface area contributed by atoms with Gasteiger partial charge < -0.3 is 8.98 Å². The molecule has 0 spiro atoms. The number of hydrogen-bond acceptors (Lipinski definition) is 5. The summed E-state index contributed by atoms with van der Waals surface area (Å²) < 4.78 is 36.2. The van der Waals surface area contributed by atoms with Crippen molar-refractivity contribution in [2.75, 3.05) is 0 Å². The Morgan fingerprint density at radius 1 is 1.03 bits per heavy atom. The van der Waals surface area contributed by atoms with Gasteiger partial charge in [0.25, 0.3) is 0 Å². The van der Waals surface area contributed by atoms with Gasteiger partial charge in [-0.3, -0.25) is 4.79 Å². The predicted octanol–water partition coefficient (Wildman–Crippen LogP) is 5.36. The smallest absolute Gasteiger partial charge is 0.227 e. The molecule has 0 aliphatic heterocycles. The minimum Gasteiger partial charge on any atom is -0.436 e. The number of oxazole rings is 1. The molecule has 0 radical (unpaired) electrons. The van der Waals surface area contributed by atoms with Crippen LogP contribution in [-0.4, -0.2) is 26.0 Å². The van der Waals surface area contributed by atoms with Crippen LogP contribution in [0.25, 0.3) is 45.1 Å². The van der Waals surface area contributed by atoms with Crippen LogP contribution in [0.3, 0.4) is 0 Å². The van der Waals surface area contributed by atoms with Gasteiger partial charge in [-0.05, 0) is 53.9 Å². The SMILES string of the molecule is Cc1cc(C=O)c(F)c2nc(-c3cccc(-c4ccc(F)cc4-c4nncn4C)c3)oc12. The zero-order valence-corrected chi connectivity index (χ0v) is 17.1. The van der Waals surface area contributed by atoms with Crippen molar-refractivity contribution in [1.29, 1.82) is 0 Å². The Morgan fingerprint density at radius 3 is 2.59 bits per heavy atom. The molecule has 158 valence electrons. The molecule has 8 heteroatoms. The lowest BCUT2D eigenvalue weighted by Crippen LogP contribution is -1.95. The van der Waals surface area contributed by atoms with Crippen LogP contribution in [0.5, 0.6) is 0 Å². The number of aryl methyl sites for hydroxylation is 2. The molecule has 0 N–H and O–H groups in total. The number of benzene rings is 3. The van der Waals surface area contributed by atoms with Crippen LogP contribution < -0.4 is 0 Å². The first-order valence-electron chi connectivity index (χ1n) is 9.76. The number of carbonyl (C=O) groups is 1. The third-order valence-electron chi connectivity index (χ3n) is 5.30. The quantitative estimate of drug-likeness (QED) is 0.359. The number of aromatic nitrogens is 4. The highest BCUT2D eigenvalue weighted by Gasteiger charge is 2.19. The van der Waals surface area contributed by atoms with Crippen LogP contribution >= 0.6 is 0 Å². The molecule has 0 bridgehead atoms. The van der Waals surface area contributed by atoms with Crippen molar-refractivity contribution in [2.24, 2.45) is 7.05 Å². The van der Waals surface area contributed by atoms with Crippen molar-refractivity contribution in [2.45, 2.75) is 6.92 Å². The second-order valence-corrected chi connectivity index (χ2v) is 7.45. The first-order chi connectivity index (χ1) is 15.5. The van der Waals surface area contributed by atoms with Crippen molar-refractivity contribution in [3.05, 3.63) is 77.6 Å². The van der Waals surface area contributed by atoms with E-state index in [-0.39, 0.29) is 22.6 Å². The van der Waals surface area contributed by atoms with Gasteiger partial charge >= 0.3 is 0 Å². The lowest BCUT2D eigenvalue weighted by Gasteiger charge is -2.10. The third-order valence-corrected chi connectivity index (χ3v) is 5.30. The van der Waals surface area contributed by atoms with Gasteiger partial charge in [0.15, 0.2) is 23.5 Å². The topological polar surface area (TPSA) is 73.8 Å². The third kappa shape index (κ3) is 3.17. The van der Waals surface area contributed by atoms with Crippen LogP contribution in [0.1, 0.15) is 15.9 Å². The summed E-state index contributed by atoms with van der Waals surface area (Å²) >= 11 is 0. The Hall–Kier alpha value is -4.20. The Bertz CT molecular complexity index is 1500. The molecule has 0 fully saturated rings. The molecule has 0 atom stereocenters. The van der Waals surface area contributed by atoms with Crippen molar-refractivity contribution >= 4 is 17.4 Å². The van der Waals surface area contributed by atoms with Crippen molar-refractivity contribution in [1.82, 2.24) is 19.7 Å². The monoisotopic (exact) mass is 430 g/mol. The number of aldehydes is 1. The first kappa shape index (κ1) is 19.7. The fourth-order valence-corrected chi connectivity index (χ4v) is 3.74. The van der Waals surface area contributed by atoms with E-state index in [1.54, 1.807) is 37.0 Å². The molecule has 0 aliphatic rings. The average Bonchev–Trinajstić information content (AvgIpc) is 3.43. The van der Waals surface area contributed by atoms with E-state index in [2.05, 4.69) is 15.2 Å². The summed E-state index contributed by atoms with van der Waals surface area (Å²) in [6.07, 6.45) is 2.00.